The van der Waals surface area contributed by atoms with Gasteiger partial charge in [-0.1, -0.05) is 8.93 Å². The first-order valence-corrected chi connectivity index (χ1v) is 10.6. The lowest BCUT2D eigenvalue weighted by Crippen LogP contribution is -2.46. The molecule has 1 rings (SSSR count). The Balaban J connectivity index is 2.45. The first kappa shape index (κ1) is 18.8. The zero-order valence-corrected chi connectivity index (χ0v) is 15.8. The highest BCUT2D eigenvalue weighted by atomic mass is 127. The van der Waals surface area contributed by atoms with Crippen LogP contribution in [0.5, 0.6) is 0 Å². The summed E-state index contributed by atoms with van der Waals surface area (Å²) in [4.78, 5) is 13.7. The maximum atomic E-state index is 12.0. The summed E-state index contributed by atoms with van der Waals surface area (Å²) in [6.45, 7) is 7.77. The van der Waals surface area contributed by atoms with E-state index in [2.05, 4.69) is 27.3 Å². The molecule has 0 radical (unpaired) electrons. The van der Waals surface area contributed by atoms with Crippen LogP contribution in [0, 0.1) is 16.7 Å². The molecule has 0 aromatic rings. The average molecular weight is 426 g/mol. The average Bonchev–Trinajstić information content (AvgIpc) is 2.42. The van der Waals surface area contributed by atoms with E-state index in [9.17, 15) is 10.1 Å². The molecule has 21 heavy (non-hydrogen) atoms. The third kappa shape index (κ3) is 6.61. The van der Waals surface area contributed by atoms with Gasteiger partial charge in [-0.2, -0.15) is 5.26 Å². The first-order chi connectivity index (χ1) is 9.82. The maximum Gasteiger partial charge on any atom is 0.410 e. The summed E-state index contributed by atoms with van der Waals surface area (Å²) in [5.74, 6) is 0.923. The lowest BCUT2D eigenvalue weighted by Gasteiger charge is -2.37. The van der Waals surface area contributed by atoms with E-state index >= 15 is 0 Å². The second-order valence-corrected chi connectivity index (χ2v) is 8.72. The highest BCUT2D eigenvalue weighted by molar-refractivity contribution is 14.2. The van der Waals surface area contributed by atoms with Crippen molar-refractivity contribution in [3.8, 4) is 6.07 Å². The second kappa shape index (κ2) is 8.44. The van der Waals surface area contributed by atoms with Crippen LogP contribution in [0.15, 0.2) is 0 Å². The number of carbonyl (C=O) groups is 1. The third-order valence-corrected chi connectivity index (χ3v) is 4.93. The Morgan fingerprint density at radius 3 is 2.52 bits per heavy atom. The molecule has 1 aliphatic heterocycles. The van der Waals surface area contributed by atoms with Crippen molar-refractivity contribution in [2.45, 2.75) is 39.2 Å². The van der Waals surface area contributed by atoms with Gasteiger partial charge in [-0.15, -0.1) is 0 Å². The van der Waals surface area contributed by atoms with Crippen LogP contribution in [0.3, 0.4) is 0 Å². The molecule has 1 amide bonds. The number of hydrogen-bond donors (Lipinski definition) is 0. The standard InChI is InChI=1S/C14H23IN2O3S/c1-13(2,3)20-12(18)17-6-4-14(10-16,5-7-17)11-19-8-9-21-15/h4-9,11H2,1-3H3. The molecule has 0 aromatic carbocycles. The van der Waals surface area contributed by atoms with Crippen molar-refractivity contribution in [2.75, 3.05) is 32.1 Å². The predicted molar refractivity (Wildman–Crippen MR) is 92.4 cm³/mol. The molecule has 0 unspecified atom stereocenters. The van der Waals surface area contributed by atoms with Gasteiger partial charge < -0.3 is 14.4 Å². The molecule has 1 saturated heterocycles. The summed E-state index contributed by atoms with van der Waals surface area (Å²) < 4.78 is 11.0. The van der Waals surface area contributed by atoms with Crippen molar-refractivity contribution in [2.24, 2.45) is 5.41 Å². The Bertz CT molecular complexity index is 385. The van der Waals surface area contributed by atoms with E-state index < -0.39 is 11.0 Å². The summed E-state index contributed by atoms with van der Waals surface area (Å²) in [6.07, 6.45) is 0.983. The van der Waals surface area contributed by atoms with Crippen molar-refractivity contribution in [3.63, 3.8) is 0 Å². The van der Waals surface area contributed by atoms with Gasteiger partial charge in [0.1, 0.15) is 5.60 Å². The fourth-order valence-electron chi connectivity index (χ4n) is 2.09. The molecular formula is C14H23IN2O3S. The van der Waals surface area contributed by atoms with Crippen LogP contribution in [-0.4, -0.2) is 48.7 Å². The van der Waals surface area contributed by atoms with Crippen LogP contribution < -0.4 is 0 Å². The molecule has 1 fully saturated rings. The van der Waals surface area contributed by atoms with Crippen molar-refractivity contribution in [1.29, 1.82) is 5.26 Å². The lowest BCUT2D eigenvalue weighted by atomic mass is 9.80. The minimum atomic E-state index is -0.485. The zero-order chi connectivity index (χ0) is 15.9. The van der Waals surface area contributed by atoms with E-state index in [-0.39, 0.29) is 6.09 Å². The van der Waals surface area contributed by atoms with Crippen molar-refractivity contribution < 1.29 is 14.3 Å². The monoisotopic (exact) mass is 426 g/mol. The number of carbonyl (C=O) groups excluding carboxylic acids is 1. The Kier molecular flexibility index (Phi) is 7.57. The second-order valence-electron chi connectivity index (χ2n) is 6.23. The molecule has 0 saturated carbocycles. The lowest BCUT2D eigenvalue weighted by molar-refractivity contribution is 0.00226. The molecule has 120 valence electrons. The number of piperidine rings is 1. The van der Waals surface area contributed by atoms with Crippen LogP contribution >= 0.6 is 30.1 Å². The van der Waals surface area contributed by atoms with Gasteiger partial charge in [-0.3, -0.25) is 0 Å². The Morgan fingerprint density at radius 1 is 1.43 bits per heavy atom. The van der Waals surface area contributed by atoms with Gasteiger partial charge in [0, 0.05) is 18.8 Å². The molecule has 0 aromatic heterocycles. The molecule has 0 bridgehead atoms. The molecule has 7 heteroatoms. The van der Waals surface area contributed by atoms with Gasteiger partial charge in [0.25, 0.3) is 0 Å². The first-order valence-electron chi connectivity index (χ1n) is 7.02. The molecule has 1 heterocycles. The van der Waals surface area contributed by atoms with Crippen LogP contribution in [-0.2, 0) is 9.47 Å². The molecule has 0 N–H and O–H groups in total. The van der Waals surface area contributed by atoms with Gasteiger partial charge >= 0.3 is 6.09 Å². The van der Waals surface area contributed by atoms with Gasteiger partial charge in [0.2, 0.25) is 0 Å². The number of rotatable bonds is 5. The van der Waals surface area contributed by atoms with Crippen molar-refractivity contribution in [1.82, 2.24) is 4.90 Å². The molecule has 0 atom stereocenters. The molecule has 0 aliphatic carbocycles. The Hall–Kier alpha value is -0.200. The summed E-state index contributed by atoms with van der Waals surface area (Å²) in [7, 11) is 1.70. The molecular weight excluding hydrogens is 403 g/mol. The summed E-state index contributed by atoms with van der Waals surface area (Å²) in [6, 6.07) is 2.39. The largest absolute Gasteiger partial charge is 0.444 e. The number of likely N-dealkylation sites (tertiary alicyclic amines) is 1. The topological polar surface area (TPSA) is 62.6 Å². The van der Waals surface area contributed by atoms with Gasteiger partial charge in [-0.25, -0.2) is 4.79 Å². The maximum absolute atomic E-state index is 12.0. The normalized spacial score (nSPS) is 18.1. The van der Waals surface area contributed by atoms with E-state index in [0.29, 0.717) is 39.1 Å². The predicted octanol–water partition coefficient (Wildman–Crippen LogP) is 3.63. The summed E-state index contributed by atoms with van der Waals surface area (Å²) >= 11 is 2.23. The van der Waals surface area contributed by atoms with Crippen molar-refractivity contribution in [3.05, 3.63) is 0 Å². The van der Waals surface area contributed by atoms with E-state index in [1.165, 1.54) is 0 Å². The number of nitriles is 1. The van der Waals surface area contributed by atoms with E-state index in [0.717, 1.165) is 5.75 Å². The highest BCUT2D eigenvalue weighted by Gasteiger charge is 2.37. The fraction of sp³-hybridized carbons (Fsp3) is 0.857. The summed E-state index contributed by atoms with van der Waals surface area (Å²) in [5.41, 5.74) is -0.949. The Labute approximate surface area is 143 Å². The molecule has 0 spiro atoms. The molecule has 1 aliphatic rings. The van der Waals surface area contributed by atoms with Crippen LogP contribution in [0.2, 0.25) is 0 Å². The minimum Gasteiger partial charge on any atom is -0.444 e. The SMILES string of the molecule is CC(C)(C)OC(=O)N1CCC(C#N)(COCCSI)CC1. The van der Waals surface area contributed by atoms with Gasteiger partial charge in [0.15, 0.2) is 0 Å². The number of hydrogen-bond acceptors (Lipinski definition) is 5. The smallest absolute Gasteiger partial charge is 0.410 e. The van der Waals surface area contributed by atoms with Gasteiger partial charge in [0.05, 0.1) is 24.7 Å². The van der Waals surface area contributed by atoms with E-state index in [4.69, 9.17) is 9.47 Å². The van der Waals surface area contributed by atoms with Crippen LogP contribution in [0.25, 0.3) is 0 Å². The quantitative estimate of drug-likeness (QED) is 0.497. The number of ether oxygens (including phenoxy) is 2. The Morgan fingerprint density at radius 2 is 2.05 bits per heavy atom. The summed E-state index contributed by atoms with van der Waals surface area (Å²) in [5, 5.41) is 9.44. The van der Waals surface area contributed by atoms with Crippen molar-refractivity contribution >= 4 is 36.2 Å². The number of nitrogens with zero attached hydrogens (tertiary/aromatic N) is 2. The minimum absolute atomic E-state index is 0.295. The zero-order valence-electron chi connectivity index (χ0n) is 12.9. The van der Waals surface area contributed by atoms with E-state index in [1.807, 2.05) is 20.8 Å². The van der Waals surface area contributed by atoms with E-state index in [1.54, 1.807) is 13.8 Å². The third-order valence-electron chi connectivity index (χ3n) is 3.29. The fourth-order valence-corrected chi connectivity index (χ4v) is 2.81. The van der Waals surface area contributed by atoms with Gasteiger partial charge in [-0.05, 0) is 54.8 Å². The number of halogens is 1. The number of amides is 1. The molecule has 5 nitrogen and oxygen atoms in total. The highest BCUT2D eigenvalue weighted by Crippen LogP contribution is 2.32. The van der Waals surface area contributed by atoms with Crippen LogP contribution in [0.4, 0.5) is 4.79 Å². The van der Waals surface area contributed by atoms with Crippen LogP contribution in [0.1, 0.15) is 33.6 Å².